The molecule has 3 nitrogen and oxygen atoms in total. The number of halogens is 3. The van der Waals surface area contributed by atoms with Gasteiger partial charge < -0.3 is 5.32 Å². The average Bonchev–Trinajstić information content (AvgIpc) is 2.68. The third kappa shape index (κ3) is 4.94. The van der Waals surface area contributed by atoms with Crippen LogP contribution >= 0.6 is 0 Å². The molecule has 0 spiro atoms. The standard InChI is InChI=1S/C21H17F3N2O/c22-21(23,24)19-8-4-7-16(12-19)17-11-18(14-25-13-17)20(27)26-10-9-15-5-2-1-3-6-15/h1-8,11-14H,9-10H2,(H,26,27). The Kier molecular flexibility index (Phi) is 5.54. The zero-order valence-electron chi connectivity index (χ0n) is 14.3. The summed E-state index contributed by atoms with van der Waals surface area (Å²) in [4.78, 5) is 16.3. The van der Waals surface area contributed by atoms with Crippen molar-refractivity contribution in [1.29, 1.82) is 0 Å². The number of carbonyl (C=O) groups is 1. The van der Waals surface area contributed by atoms with E-state index in [1.165, 1.54) is 18.5 Å². The van der Waals surface area contributed by atoms with Crippen molar-refractivity contribution in [2.75, 3.05) is 6.54 Å². The molecule has 0 saturated heterocycles. The topological polar surface area (TPSA) is 42.0 Å². The van der Waals surface area contributed by atoms with Gasteiger partial charge in [0.05, 0.1) is 11.1 Å². The summed E-state index contributed by atoms with van der Waals surface area (Å²) < 4.78 is 38.7. The lowest BCUT2D eigenvalue weighted by atomic mass is 10.0. The van der Waals surface area contributed by atoms with Crippen molar-refractivity contribution in [2.24, 2.45) is 0 Å². The van der Waals surface area contributed by atoms with Crippen molar-refractivity contribution in [3.8, 4) is 11.1 Å². The lowest BCUT2D eigenvalue weighted by Gasteiger charge is -2.10. The Labute approximate surface area is 154 Å². The second kappa shape index (κ2) is 8.03. The van der Waals surface area contributed by atoms with Gasteiger partial charge in [-0.1, -0.05) is 42.5 Å². The lowest BCUT2D eigenvalue weighted by Crippen LogP contribution is -2.25. The molecule has 138 valence electrons. The molecule has 6 heteroatoms. The number of rotatable bonds is 5. The Morgan fingerprint density at radius 2 is 1.70 bits per heavy atom. The molecular weight excluding hydrogens is 353 g/mol. The Balaban J connectivity index is 1.71. The first kappa shape index (κ1) is 18.6. The Morgan fingerprint density at radius 1 is 0.926 bits per heavy atom. The maximum absolute atomic E-state index is 12.9. The minimum Gasteiger partial charge on any atom is -0.352 e. The minimum absolute atomic E-state index is 0.304. The molecule has 3 aromatic rings. The van der Waals surface area contributed by atoms with E-state index in [0.717, 1.165) is 17.7 Å². The number of aromatic nitrogens is 1. The van der Waals surface area contributed by atoms with E-state index in [2.05, 4.69) is 10.3 Å². The maximum atomic E-state index is 12.9. The normalized spacial score (nSPS) is 11.2. The second-order valence-electron chi connectivity index (χ2n) is 6.03. The summed E-state index contributed by atoms with van der Waals surface area (Å²) in [5.74, 6) is -0.313. The predicted molar refractivity (Wildman–Crippen MR) is 97.2 cm³/mol. The summed E-state index contributed by atoms with van der Waals surface area (Å²) >= 11 is 0. The Morgan fingerprint density at radius 3 is 2.44 bits per heavy atom. The summed E-state index contributed by atoms with van der Waals surface area (Å²) in [6.07, 6.45) is -0.894. The third-order valence-corrected chi connectivity index (χ3v) is 4.07. The van der Waals surface area contributed by atoms with E-state index in [0.29, 0.717) is 29.7 Å². The average molecular weight is 370 g/mol. The van der Waals surface area contributed by atoms with E-state index >= 15 is 0 Å². The molecule has 2 aromatic carbocycles. The first-order valence-corrected chi connectivity index (χ1v) is 8.38. The molecule has 3 rings (SSSR count). The van der Waals surface area contributed by atoms with Crippen molar-refractivity contribution in [3.63, 3.8) is 0 Å². The van der Waals surface area contributed by atoms with Gasteiger partial charge in [-0.25, -0.2) is 0 Å². The van der Waals surface area contributed by atoms with Gasteiger partial charge in [0.1, 0.15) is 0 Å². The molecule has 0 aliphatic heterocycles. The van der Waals surface area contributed by atoms with Crippen LogP contribution in [-0.4, -0.2) is 17.4 Å². The summed E-state index contributed by atoms with van der Waals surface area (Å²) in [5, 5.41) is 2.80. The van der Waals surface area contributed by atoms with Gasteiger partial charge in [0, 0.05) is 24.5 Å². The van der Waals surface area contributed by atoms with E-state index in [-0.39, 0.29) is 5.91 Å². The SMILES string of the molecule is O=C(NCCc1ccccc1)c1cncc(-c2cccc(C(F)(F)F)c2)c1. The maximum Gasteiger partial charge on any atom is 0.416 e. The number of nitrogens with one attached hydrogen (secondary N) is 1. The highest BCUT2D eigenvalue weighted by Gasteiger charge is 2.30. The van der Waals surface area contributed by atoms with Crippen molar-refractivity contribution in [3.05, 3.63) is 89.7 Å². The third-order valence-electron chi connectivity index (χ3n) is 4.07. The molecule has 0 bridgehead atoms. The largest absolute Gasteiger partial charge is 0.416 e. The van der Waals surface area contributed by atoms with Gasteiger partial charge in [-0.15, -0.1) is 0 Å². The van der Waals surface area contributed by atoms with E-state index in [1.807, 2.05) is 30.3 Å². The first-order chi connectivity index (χ1) is 12.9. The molecule has 0 atom stereocenters. The number of hydrogen-bond donors (Lipinski definition) is 1. The highest BCUT2D eigenvalue weighted by Crippen LogP contribution is 2.32. The van der Waals surface area contributed by atoms with Gasteiger partial charge in [-0.05, 0) is 35.7 Å². The number of pyridine rings is 1. The van der Waals surface area contributed by atoms with Crippen molar-refractivity contribution in [1.82, 2.24) is 10.3 Å². The van der Waals surface area contributed by atoms with Crippen LogP contribution in [0.1, 0.15) is 21.5 Å². The summed E-state index contributed by atoms with van der Waals surface area (Å²) in [5.41, 5.74) is 1.48. The Bertz CT molecular complexity index is 924. The molecule has 1 aromatic heterocycles. The van der Waals surface area contributed by atoms with Gasteiger partial charge in [0.15, 0.2) is 0 Å². The van der Waals surface area contributed by atoms with Gasteiger partial charge in [-0.3, -0.25) is 9.78 Å². The zero-order valence-corrected chi connectivity index (χ0v) is 14.3. The molecule has 0 aliphatic rings. The van der Waals surface area contributed by atoms with E-state index in [1.54, 1.807) is 12.1 Å². The monoisotopic (exact) mass is 370 g/mol. The number of nitrogens with zero attached hydrogens (tertiary/aromatic N) is 1. The minimum atomic E-state index is -4.42. The highest BCUT2D eigenvalue weighted by molar-refractivity contribution is 5.95. The molecule has 0 aliphatic carbocycles. The predicted octanol–water partition coefficient (Wildman–Crippen LogP) is 4.74. The Hall–Kier alpha value is -3.15. The second-order valence-corrected chi connectivity index (χ2v) is 6.03. The van der Waals surface area contributed by atoms with Crippen LogP contribution in [0.3, 0.4) is 0 Å². The van der Waals surface area contributed by atoms with E-state index < -0.39 is 11.7 Å². The van der Waals surface area contributed by atoms with E-state index in [9.17, 15) is 18.0 Å². The van der Waals surface area contributed by atoms with Crippen LogP contribution in [0.25, 0.3) is 11.1 Å². The summed E-state index contributed by atoms with van der Waals surface area (Å²) in [6, 6.07) is 16.2. The van der Waals surface area contributed by atoms with Crippen molar-refractivity contribution >= 4 is 5.91 Å². The van der Waals surface area contributed by atoms with Crippen LogP contribution in [0.15, 0.2) is 73.1 Å². The molecule has 0 radical (unpaired) electrons. The first-order valence-electron chi connectivity index (χ1n) is 8.38. The number of carbonyl (C=O) groups excluding carboxylic acids is 1. The fraction of sp³-hybridized carbons (Fsp3) is 0.143. The zero-order chi connectivity index (χ0) is 19.3. The fourth-order valence-corrected chi connectivity index (χ4v) is 2.66. The van der Waals surface area contributed by atoms with Crippen LogP contribution in [0, 0.1) is 0 Å². The molecule has 1 heterocycles. The molecule has 0 fully saturated rings. The van der Waals surface area contributed by atoms with Crippen molar-refractivity contribution < 1.29 is 18.0 Å². The molecule has 0 saturated carbocycles. The van der Waals surface area contributed by atoms with Gasteiger partial charge in [-0.2, -0.15) is 13.2 Å². The molecule has 1 N–H and O–H groups in total. The van der Waals surface area contributed by atoms with Crippen LogP contribution in [0.2, 0.25) is 0 Å². The van der Waals surface area contributed by atoms with Gasteiger partial charge in [0.2, 0.25) is 0 Å². The van der Waals surface area contributed by atoms with Crippen LogP contribution in [0.4, 0.5) is 13.2 Å². The summed E-state index contributed by atoms with van der Waals surface area (Å²) in [6.45, 7) is 0.455. The van der Waals surface area contributed by atoms with Crippen LogP contribution < -0.4 is 5.32 Å². The number of alkyl halides is 3. The molecular formula is C21H17F3N2O. The van der Waals surface area contributed by atoms with Crippen molar-refractivity contribution in [2.45, 2.75) is 12.6 Å². The van der Waals surface area contributed by atoms with Crippen LogP contribution in [0.5, 0.6) is 0 Å². The van der Waals surface area contributed by atoms with Crippen LogP contribution in [-0.2, 0) is 12.6 Å². The number of amides is 1. The van der Waals surface area contributed by atoms with Gasteiger partial charge in [0.25, 0.3) is 5.91 Å². The molecule has 27 heavy (non-hydrogen) atoms. The number of benzene rings is 2. The lowest BCUT2D eigenvalue weighted by molar-refractivity contribution is -0.137. The van der Waals surface area contributed by atoms with Gasteiger partial charge >= 0.3 is 6.18 Å². The fourth-order valence-electron chi connectivity index (χ4n) is 2.66. The van der Waals surface area contributed by atoms with E-state index in [4.69, 9.17) is 0 Å². The quantitative estimate of drug-likeness (QED) is 0.705. The smallest absolute Gasteiger partial charge is 0.352 e. The molecule has 0 unspecified atom stereocenters. The summed E-state index contributed by atoms with van der Waals surface area (Å²) in [7, 11) is 0. The molecule has 1 amide bonds. The number of hydrogen-bond acceptors (Lipinski definition) is 2. The highest BCUT2D eigenvalue weighted by atomic mass is 19.4.